The number of allylic oxidation sites excluding steroid dienone is 1. The van der Waals surface area contributed by atoms with E-state index in [4.69, 9.17) is 5.11 Å². The van der Waals surface area contributed by atoms with Crippen LogP contribution in [0.3, 0.4) is 0 Å². The fourth-order valence-corrected chi connectivity index (χ4v) is 3.15. The summed E-state index contributed by atoms with van der Waals surface area (Å²) in [6.45, 7) is 3.85. The first-order valence-corrected chi connectivity index (χ1v) is 8.96. The van der Waals surface area contributed by atoms with Gasteiger partial charge < -0.3 is 5.11 Å². The normalized spacial score (nSPS) is 19.1. The van der Waals surface area contributed by atoms with Crippen LogP contribution in [0.25, 0.3) is 0 Å². The second kappa shape index (κ2) is 9.96. The van der Waals surface area contributed by atoms with Gasteiger partial charge in [-0.15, -0.1) is 0 Å². The number of hydrogen-bond donors (Lipinski definition) is 3. The van der Waals surface area contributed by atoms with E-state index < -0.39 is 29.2 Å². The lowest BCUT2D eigenvalue weighted by molar-refractivity contribution is -0.142. The van der Waals surface area contributed by atoms with Crippen molar-refractivity contribution in [2.45, 2.75) is 71.6 Å². The number of carboxylic acid groups (broad SMARTS) is 1. The summed E-state index contributed by atoms with van der Waals surface area (Å²) in [4.78, 5) is 45.0. The molecule has 0 aromatic rings. The van der Waals surface area contributed by atoms with Gasteiger partial charge in [0.1, 0.15) is 5.41 Å². The Labute approximate surface area is 148 Å². The van der Waals surface area contributed by atoms with Crippen LogP contribution < -0.4 is 10.6 Å². The predicted octanol–water partition coefficient (Wildman–Crippen LogP) is 2.90. The van der Waals surface area contributed by atoms with Gasteiger partial charge in [0, 0.05) is 6.42 Å². The molecule has 7 heteroatoms. The van der Waals surface area contributed by atoms with Crippen molar-refractivity contribution in [1.29, 1.82) is 0 Å². The largest absolute Gasteiger partial charge is 0.481 e. The van der Waals surface area contributed by atoms with Gasteiger partial charge in [0.15, 0.2) is 0 Å². The van der Waals surface area contributed by atoms with Gasteiger partial charge in [-0.25, -0.2) is 4.79 Å². The number of nitrogens with one attached hydrogen (secondary N) is 2. The molecule has 1 aliphatic carbocycles. The van der Waals surface area contributed by atoms with E-state index in [1.807, 2.05) is 6.08 Å². The third-order valence-corrected chi connectivity index (χ3v) is 4.59. The predicted molar refractivity (Wildman–Crippen MR) is 92.7 cm³/mol. The maximum Gasteiger partial charge on any atom is 0.328 e. The lowest BCUT2D eigenvalue weighted by atomic mass is 9.71. The number of carboxylic acids is 1. The van der Waals surface area contributed by atoms with Crippen LogP contribution in [-0.2, 0) is 14.4 Å². The van der Waals surface area contributed by atoms with E-state index in [0.29, 0.717) is 12.8 Å². The van der Waals surface area contributed by atoms with E-state index in [0.717, 1.165) is 50.5 Å². The molecule has 3 N–H and O–H groups in total. The second-order valence-corrected chi connectivity index (χ2v) is 6.32. The minimum absolute atomic E-state index is 0.327. The van der Waals surface area contributed by atoms with Gasteiger partial charge >= 0.3 is 12.0 Å². The van der Waals surface area contributed by atoms with Crippen molar-refractivity contribution in [1.82, 2.24) is 10.6 Å². The molecule has 0 radical (unpaired) electrons. The summed E-state index contributed by atoms with van der Waals surface area (Å²) in [6.07, 6.45) is 9.35. The van der Waals surface area contributed by atoms with Crippen molar-refractivity contribution in [2.24, 2.45) is 5.41 Å². The highest BCUT2D eigenvalue weighted by Gasteiger charge is 2.51. The Kier molecular flexibility index (Phi) is 8.31. The average Bonchev–Trinajstić information content (AvgIpc) is 2.56. The van der Waals surface area contributed by atoms with E-state index in [1.165, 1.54) is 0 Å². The van der Waals surface area contributed by atoms with Crippen LogP contribution >= 0.6 is 0 Å². The zero-order chi connectivity index (χ0) is 18.9. The molecule has 140 valence electrons. The molecule has 4 amide bonds. The smallest absolute Gasteiger partial charge is 0.328 e. The van der Waals surface area contributed by atoms with Gasteiger partial charge in [0.05, 0.1) is 0 Å². The Morgan fingerprint density at radius 3 is 2.20 bits per heavy atom. The highest BCUT2D eigenvalue weighted by molar-refractivity contribution is 6.21. The maximum absolute atomic E-state index is 12.0. The van der Waals surface area contributed by atoms with Crippen molar-refractivity contribution in [2.75, 3.05) is 0 Å². The van der Waals surface area contributed by atoms with E-state index in [-0.39, 0.29) is 0 Å². The van der Waals surface area contributed by atoms with Crippen LogP contribution in [0.4, 0.5) is 4.79 Å². The van der Waals surface area contributed by atoms with Crippen molar-refractivity contribution < 1.29 is 24.3 Å². The molecule has 2 rings (SSSR count). The monoisotopic (exact) mass is 352 g/mol. The number of rotatable bonds is 6. The van der Waals surface area contributed by atoms with Crippen LogP contribution in [0.15, 0.2) is 11.6 Å². The fraction of sp³-hybridized carbons (Fsp3) is 0.667. The Balaban J connectivity index is 0.000000333. The Bertz CT molecular complexity index is 534. The van der Waals surface area contributed by atoms with Crippen molar-refractivity contribution in [3.63, 3.8) is 0 Å². The zero-order valence-corrected chi connectivity index (χ0v) is 15.0. The molecular weight excluding hydrogens is 324 g/mol. The van der Waals surface area contributed by atoms with E-state index in [9.17, 15) is 19.2 Å². The Morgan fingerprint density at radius 1 is 1.12 bits per heavy atom. The summed E-state index contributed by atoms with van der Waals surface area (Å²) in [5.41, 5.74) is -0.317. The Morgan fingerprint density at radius 2 is 1.76 bits per heavy atom. The minimum Gasteiger partial charge on any atom is -0.481 e. The lowest BCUT2D eigenvalue weighted by Gasteiger charge is -2.36. The lowest BCUT2D eigenvalue weighted by Crippen LogP contribution is -2.63. The van der Waals surface area contributed by atoms with Crippen LogP contribution in [0.1, 0.15) is 71.6 Å². The van der Waals surface area contributed by atoms with Gasteiger partial charge in [0.25, 0.3) is 0 Å². The number of carbonyl (C=O) groups excluding carboxylic acids is 3. The van der Waals surface area contributed by atoms with Crippen LogP contribution in [0, 0.1) is 5.41 Å². The number of urea groups is 1. The Hall–Kier alpha value is -2.18. The number of imide groups is 2. The van der Waals surface area contributed by atoms with E-state index >= 15 is 0 Å². The van der Waals surface area contributed by atoms with Crippen LogP contribution in [0.5, 0.6) is 0 Å². The molecular formula is C18H28N2O5. The maximum atomic E-state index is 12.0. The first kappa shape index (κ1) is 20.9. The number of hydrogen-bond acceptors (Lipinski definition) is 4. The summed E-state index contributed by atoms with van der Waals surface area (Å²) >= 11 is 0. The summed E-state index contributed by atoms with van der Waals surface area (Å²) in [7, 11) is 0. The van der Waals surface area contributed by atoms with Gasteiger partial charge in [-0.05, 0) is 44.1 Å². The molecule has 1 fully saturated rings. The molecule has 25 heavy (non-hydrogen) atoms. The zero-order valence-electron chi connectivity index (χ0n) is 15.0. The van der Waals surface area contributed by atoms with Crippen molar-refractivity contribution >= 4 is 23.8 Å². The summed E-state index contributed by atoms with van der Waals surface area (Å²) in [5.74, 6) is -1.65. The van der Waals surface area contributed by atoms with Gasteiger partial charge in [-0.1, -0.05) is 32.8 Å². The standard InChI is InChI=1S/C12H16N2O3.C6H12O2/c1-2-12(8-6-4-3-5-7-8)9(15)13-11(17)14-10(12)16;1-2-3-4-5-6(7)8/h6H,2-5,7H2,1H3,(H2,13,14,15,16,17);2-5H2,1H3,(H,7,8). The first-order valence-electron chi connectivity index (χ1n) is 8.96. The first-order chi connectivity index (χ1) is 11.9. The molecule has 0 spiro atoms. The highest BCUT2D eigenvalue weighted by Crippen LogP contribution is 2.39. The molecule has 0 unspecified atom stereocenters. The number of amides is 4. The van der Waals surface area contributed by atoms with E-state index in [1.54, 1.807) is 6.92 Å². The quantitative estimate of drug-likeness (QED) is 0.386. The summed E-state index contributed by atoms with van der Waals surface area (Å²) in [5, 5.41) is 12.5. The number of aliphatic carboxylic acids is 1. The highest BCUT2D eigenvalue weighted by atomic mass is 16.4. The fourth-order valence-electron chi connectivity index (χ4n) is 3.15. The van der Waals surface area contributed by atoms with Gasteiger partial charge in [-0.2, -0.15) is 0 Å². The average molecular weight is 352 g/mol. The van der Waals surface area contributed by atoms with Crippen LogP contribution in [0.2, 0.25) is 0 Å². The molecule has 1 saturated heterocycles. The second-order valence-electron chi connectivity index (χ2n) is 6.32. The molecule has 2 aliphatic rings. The molecule has 7 nitrogen and oxygen atoms in total. The summed E-state index contributed by atoms with van der Waals surface area (Å²) < 4.78 is 0. The SMILES string of the molecule is CCC1(C2=CCCCC2)C(=O)NC(=O)NC1=O.CCCCCC(=O)O. The van der Waals surface area contributed by atoms with Crippen molar-refractivity contribution in [3.05, 3.63) is 11.6 Å². The molecule has 1 heterocycles. The number of carbonyl (C=O) groups is 4. The molecule has 0 atom stereocenters. The topological polar surface area (TPSA) is 113 Å². The van der Waals surface area contributed by atoms with Crippen molar-refractivity contribution in [3.8, 4) is 0 Å². The number of unbranched alkanes of at least 4 members (excludes halogenated alkanes) is 2. The van der Waals surface area contributed by atoms with Crippen LogP contribution in [-0.4, -0.2) is 28.9 Å². The minimum atomic E-state index is -1.17. The van der Waals surface area contributed by atoms with E-state index in [2.05, 4.69) is 17.6 Å². The molecule has 0 aromatic heterocycles. The molecule has 0 aromatic carbocycles. The van der Waals surface area contributed by atoms with Gasteiger partial charge in [0.2, 0.25) is 11.8 Å². The van der Waals surface area contributed by atoms with Gasteiger partial charge in [-0.3, -0.25) is 25.0 Å². The molecule has 0 saturated carbocycles. The molecule has 0 bridgehead atoms. The third-order valence-electron chi connectivity index (χ3n) is 4.59. The molecule has 1 aliphatic heterocycles. The number of barbiturate groups is 1. The third kappa shape index (κ3) is 5.41. The summed E-state index contributed by atoms with van der Waals surface area (Å²) in [6, 6.07) is -0.722.